The van der Waals surface area contributed by atoms with Crippen LogP contribution in [0.1, 0.15) is 0 Å². The fourth-order valence-electron chi connectivity index (χ4n) is 9.11. The van der Waals surface area contributed by atoms with Gasteiger partial charge in [0.1, 0.15) is 0 Å². The van der Waals surface area contributed by atoms with Crippen molar-refractivity contribution in [1.29, 1.82) is 0 Å². The van der Waals surface area contributed by atoms with Crippen molar-refractivity contribution >= 4 is 54.1 Å². The fraction of sp³-hybridized carbons (Fsp3) is 0. The first-order chi connectivity index (χ1) is 27.3. The summed E-state index contributed by atoms with van der Waals surface area (Å²) in [5.41, 5.74) is 13.4. The summed E-state index contributed by atoms with van der Waals surface area (Å²) in [6, 6.07) is 77.8. The zero-order chi connectivity index (χ0) is 36.3. The second-order valence-electron chi connectivity index (χ2n) is 14.4. The highest BCUT2D eigenvalue weighted by Gasteiger charge is 2.27. The number of rotatable bonds is 5. The van der Waals surface area contributed by atoms with Crippen molar-refractivity contribution in [3.05, 3.63) is 212 Å². The van der Waals surface area contributed by atoms with Gasteiger partial charge in [-0.15, -0.1) is 0 Å². The highest BCUT2D eigenvalue weighted by Crippen LogP contribution is 2.53. The molecular weight excluding hydrogens is 663 g/mol. The molecule has 0 aliphatic heterocycles. The van der Waals surface area contributed by atoms with Crippen molar-refractivity contribution in [1.82, 2.24) is 4.57 Å². The third-order valence-corrected chi connectivity index (χ3v) is 11.4. The molecule has 1 heteroatoms. The van der Waals surface area contributed by atoms with Crippen LogP contribution in [0.2, 0.25) is 0 Å². The highest BCUT2D eigenvalue weighted by molar-refractivity contribution is 6.29. The van der Waals surface area contributed by atoms with Gasteiger partial charge in [0, 0.05) is 22.0 Å². The molecule has 11 aromatic rings. The van der Waals surface area contributed by atoms with E-state index < -0.39 is 0 Å². The SMILES string of the molecule is c1ccc(-c2cc3c(c(-c4ccccc4)c2-c2c4ccccc4c(-c4cccc5ccccc45)c4ccccc24)c2ccccc2n3-c2ccccc2)cc1. The Labute approximate surface area is 320 Å². The third kappa shape index (κ3) is 4.87. The molecule has 0 atom stereocenters. The molecule has 1 nitrogen and oxygen atoms in total. The van der Waals surface area contributed by atoms with Crippen LogP contribution in [0.4, 0.5) is 0 Å². The van der Waals surface area contributed by atoms with Crippen LogP contribution in [0.3, 0.4) is 0 Å². The normalized spacial score (nSPS) is 11.6. The Kier molecular flexibility index (Phi) is 7.25. The maximum atomic E-state index is 2.46. The van der Waals surface area contributed by atoms with Gasteiger partial charge >= 0.3 is 0 Å². The molecule has 0 aliphatic rings. The van der Waals surface area contributed by atoms with Crippen LogP contribution >= 0.6 is 0 Å². The molecule has 0 N–H and O–H groups in total. The Morgan fingerprint density at radius 2 is 0.764 bits per heavy atom. The lowest BCUT2D eigenvalue weighted by molar-refractivity contribution is 1.18. The van der Waals surface area contributed by atoms with E-state index in [1.54, 1.807) is 0 Å². The van der Waals surface area contributed by atoms with Crippen LogP contribution in [-0.2, 0) is 0 Å². The zero-order valence-corrected chi connectivity index (χ0v) is 30.2. The summed E-state index contributed by atoms with van der Waals surface area (Å²) in [5, 5.41) is 9.98. The second kappa shape index (κ2) is 12.7. The average Bonchev–Trinajstić information content (AvgIpc) is 3.59. The first-order valence-corrected chi connectivity index (χ1v) is 19.0. The Balaban J connectivity index is 1.40. The van der Waals surface area contributed by atoms with Gasteiger partial charge in [0.2, 0.25) is 0 Å². The van der Waals surface area contributed by atoms with E-state index in [0.717, 1.165) is 5.69 Å². The predicted octanol–water partition coefficient (Wildman–Crippen LogP) is 14.9. The monoisotopic (exact) mass is 697 g/mol. The maximum absolute atomic E-state index is 2.46. The number of aromatic nitrogens is 1. The van der Waals surface area contributed by atoms with Crippen LogP contribution in [0, 0.1) is 0 Å². The van der Waals surface area contributed by atoms with Crippen LogP contribution in [0.5, 0.6) is 0 Å². The van der Waals surface area contributed by atoms with Crippen LogP contribution in [-0.4, -0.2) is 4.57 Å². The van der Waals surface area contributed by atoms with Crippen molar-refractivity contribution in [2.24, 2.45) is 0 Å². The van der Waals surface area contributed by atoms with E-state index in [2.05, 4.69) is 217 Å². The van der Waals surface area contributed by atoms with Crippen LogP contribution in [0.25, 0.3) is 104 Å². The minimum Gasteiger partial charge on any atom is -0.309 e. The molecule has 55 heavy (non-hydrogen) atoms. The molecule has 1 aromatic heterocycles. The molecule has 0 bridgehead atoms. The summed E-state index contributed by atoms with van der Waals surface area (Å²) in [6.45, 7) is 0. The summed E-state index contributed by atoms with van der Waals surface area (Å²) in [5.74, 6) is 0. The van der Waals surface area contributed by atoms with Crippen molar-refractivity contribution < 1.29 is 0 Å². The molecule has 0 spiro atoms. The topological polar surface area (TPSA) is 4.93 Å². The molecular formula is C54H35N. The number of hydrogen-bond donors (Lipinski definition) is 0. The number of benzene rings is 10. The number of hydrogen-bond acceptors (Lipinski definition) is 0. The lowest BCUT2D eigenvalue weighted by Crippen LogP contribution is -1.98. The smallest absolute Gasteiger partial charge is 0.0553 e. The molecule has 0 fully saturated rings. The van der Waals surface area contributed by atoms with Gasteiger partial charge in [0.25, 0.3) is 0 Å². The predicted molar refractivity (Wildman–Crippen MR) is 235 cm³/mol. The quantitative estimate of drug-likeness (QED) is 0.158. The maximum Gasteiger partial charge on any atom is 0.0553 e. The van der Waals surface area contributed by atoms with Gasteiger partial charge < -0.3 is 4.57 Å². The molecule has 0 saturated heterocycles. The van der Waals surface area contributed by atoms with Gasteiger partial charge in [-0.25, -0.2) is 0 Å². The Bertz CT molecular complexity index is 3170. The van der Waals surface area contributed by atoms with Crippen LogP contribution in [0.15, 0.2) is 212 Å². The van der Waals surface area contributed by atoms with Crippen molar-refractivity contribution in [2.45, 2.75) is 0 Å². The Morgan fingerprint density at radius 3 is 1.42 bits per heavy atom. The number of nitrogens with zero attached hydrogens (tertiary/aromatic N) is 1. The first-order valence-electron chi connectivity index (χ1n) is 19.0. The molecule has 0 saturated carbocycles. The molecule has 11 rings (SSSR count). The fourth-order valence-corrected chi connectivity index (χ4v) is 9.11. The molecule has 0 radical (unpaired) electrons. The standard InChI is InChI=1S/C54H35N/c1-4-19-37(20-5-1)47-35-49-53(46-32-16-17-34-48(46)55(49)39-25-8-3-9-26-39)50(38-22-6-2-7-23-38)54(47)52-44-30-14-12-28-42(44)51(43-29-13-15-31-45(43)52)41-33-18-24-36-21-10-11-27-40(36)41/h1-35H. The summed E-state index contributed by atoms with van der Waals surface area (Å²) in [6.07, 6.45) is 0. The van der Waals surface area contributed by atoms with E-state index >= 15 is 0 Å². The summed E-state index contributed by atoms with van der Waals surface area (Å²) in [4.78, 5) is 0. The molecule has 0 aliphatic carbocycles. The minimum atomic E-state index is 1.15. The molecule has 1 heterocycles. The highest BCUT2D eigenvalue weighted by atomic mass is 15.0. The molecule has 10 aromatic carbocycles. The Morgan fingerprint density at radius 1 is 0.273 bits per heavy atom. The number of para-hydroxylation sites is 2. The summed E-state index contributed by atoms with van der Waals surface area (Å²) in [7, 11) is 0. The van der Waals surface area contributed by atoms with Gasteiger partial charge in [-0.2, -0.15) is 0 Å². The summed E-state index contributed by atoms with van der Waals surface area (Å²) < 4.78 is 2.45. The van der Waals surface area contributed by atoms with E-state index in [4.69, 9.17) is 0 Å². The third-order valence-electron chi connectivity index (χ3n) is 11.4. The molecule has 256 valence electrons. The largest absolute Gasteiger partial charge is 0.309 e. The molecule has 0 unspecified atom stereocenters. The summed E-state index contributed by atoms with van der Waals surface area (Å²) >= 11 is 0. The van der Waals surface area contributed by atoms with Gasteiger partial charge in [0.05, 0.1) is 11.0 Å². The number of fused-ring (bicyclic) bond motifs is 6. The van der Waals surface area contributed by atoms with E-state index in [1.165, 1.54) is 98.6 Å². The van der Waals surface area contributed by atoms with E-state index in [0.29, 0.717) is 0 Å². The van der Waals surface area contributed by atoms with Crippen LogP contribution < -0.4 is 0 Å². The van der Waals surface area contributed by atoms with E-state index in [-0.39, 0.29) is 0 Å². The van der Waals surface area contributed by atoms with Crippen molar-refractivity contribution in [3.8, 4) is 50.2 Å². The van der Waals surface area contributed by atoms with Gasteiger partial charge in [0.15, 0.2) is 0 Å². The van der Waals surface area contributed by atoms with Gasteiger partial charge in [-0.1, -0.05) is 188 Å². The Hall–Kier alpha value is -7.22. The van der Waals surface area contributed by atoms with Gasteiger partial charge in [-0.05, 0) is 95.5 Å². The second-order valence-corrected chi connectivity index (χ2v) is 14.4. The lowest BCUT2D eigenvalue weighted by Gasteiger charge is -2.24. The van der Waals surface area contributed by atoms with Crippen molar-refractivity contribution in [2.75, 3.05) is 0 Å². The lowest BCUT2D eigenvalue weighted by atomic mass is 9.79. The minimum absolute atomic E-state index is 1.15. The van der Waals surface area contributed by atoms with E-state index in [9.17, 15) is 0 Å². The zero-order valence-electron chi connectivity index (χ0n) is 30.2. The van der Waals surface area contributed by atoms with Gasteiger partial charge in [-0.3, -0.25) is 0 Å². The van der Waals surface area contributed by atoms with Crippen molar-refractivity contribution in [3.63, 3.8) is 0 Å². The average molecular weight is 698 g/mol. The molecule has 0 amide bonds. The first kappa shape index (κ1) is 31.3. The van der Waals surface area contributed by atoms with E-state index in [1.807, 2.05) is 0 Å².